The molecule has 124 valence electrons. The van der Waals surface area contributed by atoms with Gasteiger partial charge in [0.25, 0.3) is 0 Å². The van der Waals surface area contributed by atoms with Crippen molar-refractivity contribution in [1.82, 2.24) is 24.3 Å². The Balaban J connectivity index is 1.48. The van der Waals surface area contributed by atoms with Crippen LogP contribution >= 0.6 is 0 Å². The molecule has 0 radical (unpaired) electrons. The molecule has 0 amide bonds. The van der Waals surface area contributed by atoms with Gasteiger partial charge in [-0.15, -0.1) is 0 Å². The molecule has 22 heavy (non-hydrogen) atoms. The molecule has 0 spiro atoms. The molecule has 6 heteroatoms. The van der Waals surface area contributed by atoms with Crippen molar-refractivity contribution in [3.05, 3.63) is 18.2 Å². The number of hydrogen-bond donors (Lipinski definition) is 0. The number of hydrogen-bond acceptors (Lipinski definition) is 5. The Bertz CT molecular complexity index is 477. The fourth-order valence-corrected chi connectivity index (χ4v) is 3.47. The molecule has 2 saturated heterocycles. The zero-order valence-electron chi connectivity index (χ0n) is 14.1. The molecule has 3 rings (SSSR count). The Hall–Kier alpha value is -0.950. The van der Waals surface area contributed by atoms with Gasteiger partial charge >= 0.3 is 0 Å². The topological polar surface area (TPSA) is 36.8 Å². The van der Waals surface area contributed by atoms with Crippen LogP contribution in [0.5, 0.6) is 0 Å². The fourth-order valence-electron chi connectivity index (χ4n) is 3.47. The van der Waals surface area contributed by atoms with Gasteiger partial charge in [-0.1, -0.05) is 0 Å². The quantitative estimate of drug-likeness (QED) is 0.797. The molecule has 6 nitrogen and oxygen atoms in total. The van der Waals surface area contributed by atoms with Crippen LogP contribution < -0.4 is 0 Å². The third kappa shape index (κ3) is 3.87. The van der Waals surface area contributed by atoms with Crippen molar-refractivity contribution in [2.75, 3.05) is 52.9 Å². The average molecular weight is 307 g/mol. The van der Waals surface area contributed by atoms with E-state index in [1.807, 2.05) is 12.4 Å². The van der Waals surface area contributed by atoms with E-state index in [-0.39, 0.29) is 0 Å². The summed E-state index contributed by atoms with van der Waals surface area (Å²) >= 11 is 0. The molecule has 1 aromatic rings. The highest BCUT2D eigenvalue weighted by Crippen LogP contribution is 2.14. The number of piperazine rings is 1. The van der Waals surface area contributed by atoms with Gasteiger partial charge in [-0.25, -0.2) is 4.98 Å². The van der Waals surface area contributed by atoms with Crippen LogP contribution in [-0.2, 0) is 18.3 Å². The zero-order chi connectivity index (χ0) is 15.5. The lowest BCUT2D eigenvalue weighted by Gasteiger charge is -2.41. The standard InChI is InChI=1S/C16H29N5O/c1-14-10-20(12-15-11-18(2)8-9-22-15)6-7-21(14)13-16-17-4-5-19(16)3/h4-5,14-15H,6-13H2,1-3H3/t14-,15+/m0/s1. The first-order chi connectivity index (χ1) is 10.6. The number of imidazole rings is 1. The summed E-state index contributed by atoms with van der Waals surface area (Å²) in [5.74, 6) is 1.15. The molecule has 0 N–H and O–H groups in total. The first kappa shape index (κ1) is 15.9. The summed E-state index contributed by atoms with van der Waals surface area (Å²) in [4.78, 5) is 11.9. The van der Waals surface area contributed by atoms with Gasteiger partial charge in [0, 0.05) is 64.8 Å². The van der Waals surface area contributed by atoms with Gasteiger partial charge in [-0.3, -0.25) is 9.80 Å². The van der Waals surface area contributed by atoms with Crippen molar-refractivity contribution >= 4 is 0 Å². The maximum atomic E-state index is 5.90. The molecule has 2 atom stereocenters. The van der Waals surface area contributed by atoms with Gasteiger partial charge in [0.15, 0.2) is 0 Å². The predicted molar refractivity (Wildman–Crippen MR) is 86.8 cm³/mol. The number of nitrogens with zero attached hydrogens (tertiary/aromatic N) is 5. The van der Waals surface area contributed by atoms with Crippen molar-refractivity contribution in [3.8, 4) is 0 Å². The Morgan fingerprint density at radius 1 is 1.23 bits per heavy atom. The molecule has 0 unspecified atom stereocenters. The lowest BCUT2D eigenvalue weighted by atomic mass is 10.1. The van der Waals surface area contributed by atoms with E-state index in [2.05, 4.69) is 45.3 Å². The SMILES string of the molecule is C[C@H]1CN(C[C@H]2CN(C)CCO2)CCN1Cc1nccn1C. The van der Waals surface area contributed by atoms with Gasteiger partial charge in [0.1, 0.15) is 5.82 Å². The Morgan fingerprint density at radius 2 is 2.09 bits per heavy atom. The molecular weight excluding hydrogens is 278 g/mol. The second-order valence-electron chi connectivity index (χ2n) is 6.79. The lowest BCUT2D eigenvalue weighted by Crippen LogP contribution is -2.55. The van der Waals surface area contributed by atoms with Crippen LogP contribution in [0.2, 0.25) is 0 Å². The molecule has 0 aromatic carbocycles. The minimum Gasteiger partial charge on any atom is -0.374 e. The van der Waals surface area contributed by atoms with Gasteiger partial charge in [-0.2, -0.15) is 0 Å². The number of ether oxygens (including phenoxy) is 1. The Kier molecular flexibility index (Phi) is 5.13. The predicted octanol–water partition coefficient (Wildman–Crippen LogP) is 0.257. The number of aromatic nitrogens is 2. The molecule has 1 aromatic heterocycles. The third-order valence-electron chi connectivity index (χ3n) is 4.92. The first-order valence-corrected chi connectivity index (χ1v) is 8.34. The highest BCUT2D eigenvalue weighted by atomic mass is 16.5. The van der Waals surface area contributed by atoms with E-state index in [4.69, 9.17) is 4.74 Å². The smallest absolute Gasteiger partial charge is 0.122 e. The second kappa shape index (κ2) is 7.08. The first-order valence-electron chi connectivity index (χ1n) is 8.34. The van der Waals surface area contributed by atoms with Crippen molar-refractivity contribution in [1.29, 1.82) is 0 Å². The highest BCUT2D eigenvalue weighted by Gasteiger charge is 2.27. The number of aryl methyl sites for hydroxylation is 1. The molecule has 0 saturated carbocycles. The van der Waals surface area contributed by atoms with Crippen LogP contribution in [0.3, 0.4) is 0 Å². The Morgan fingerprint density at radius 3 is 2.77 bits per heavy atom. The van der Waals surface area contributed by atoms with E-state index >= 15 is 0 Å². The lowest BCUT2D eigenvalue weighted by molar-refractivity contribution is -0.0460. The third-order valence-corrected chi connectivity index (χ3v) is 4.92. The highest BCUT2D eigenvalue weighted by molar-refractivity contribution is 4.93. The summed E-state index contributed by atoms with van der Waals surface area (Å²) in [6, 6.07) is 0.562. The van der Waals surface area contributed by atoms with E-state index < -0.39 is 0 Å². The average Bonchev–Trinajstić information content (AvgIpc) is 2.87. The number of rotatable bonds is 4. The van der Waals surface area contributed by atoms with E-state index in [9.17, 15) is 0 Å². The minimum atomic E-state index is 0.368. The van der Waals surface area contributed by atoms with Crippen LogP contribution in [0.1, 0.15) is 12.7 Å². The molecule has 2 aliphatic rings. The summed E-state index contributed by atoms with van der Waals surface area (Å²) in [5.41, 5.74) is 0. The fraction of sp³-hybridized carbons (Fsp3) is 0.812. The monoisotopic (exact) mass is 307 g/mol. The Labute approximate surface area is 133 Å². The van der Waals surface area contributed by atoms with E-state index in [1.54, 1.807) is 0 Å². The van der Waals surface area contributed by atoms with Gasteiger partial charge in [0.05, 0.1) is 19.3 Å². The molecular formula is C16H29N5O. The van der Waals surface area contributed by atoms with Gasteiger partial charge in [0.2, 0.25) is 0 Å². The number of morpholine rings is 1. The van der Waals surface area contributed by atoms with E-state index in [1.165, 1.54) is 0 Å². The van der Waals surface area contributed by atoms with Gasteiger partial charge in [-0.05, 0) is 14.0 Å². The van der Waals surface area contributed by atoms with Gasteiger partial charge < -0.3 is 14.2 Å². The van der Waals surface area contributed by atoms with Crippen LogP contribution in [0.25, 0.3) is 0 Å². The van der Waals surface area contributed by atoms with Crippen molar-refractivity contribution in [2.45, 2.75) is 25.6 Å². The molecule has 0 aliphatic carbocycles. The largest absolute Gasteiger partial charge is 0.374 e. The van der Waals surface area contributed by atoms with Crippen LogP contribution in [0, 0.1) is 0 Å². The maximum absolute atomic E-state index is 5.90. The van der Waals surface area contributed by atoms with E-state index in [0.717, 1.165) is 58.2 Å². The van der Waals surface area contributed by atoms with Crippen molar-refractivity contribution in [2.24, 2.45) is 7.05 Å². The zero-order valence-corrected chi connectivity index (χ0v) is 14.1. The molecule has 2 fully saturated rings. The molecule has 2 aliphatic heterocycles. The van der Waals surface area contributed by atoms with Crippen LogP contribution in [0.15, 0.2) is 12.4 Å². The van der Waals surface area contributed by atoms with Crippen molar-refractivity contribution in [3.63, 3.8) is 0 Å². The summed E-state index contributed by atoms with van der Waals surface area (Å²) < 4.78 is 8.02. The summed E-state index contributed by atoms with van der Waals surface area (Å²) in [6.07, 6.45) is 4.27. The summed E-state index contributed by atoms with van der Waals surface area (Å²) in [6.45, 7) is 10.7. The molecule has 3 heterocycles. The minimum absolute atomic E-state index is 0.368. The maximum Gasteiger partial charge on any atom is 0.122 e. The van der Waals surface area contributed by atoms with Crippen molar-refractivity contribution < 1.29 is 4.74 Å². The van der Waals surface area contributed by atoms with E-state index in [0.29, 0.717) is 12.1 Å². The summed E-state index contributed by atoms with van der Waals surface area (Å²) in [7, 11) is 4.25. The van der Waals surface area contributed by atoms with Crippen LogP contribution in [-0.4, -0.2) is 89.3 Å². The number of likely N-dealkylation sites (N-methyl/N-ethyl adjacent to an activating group) is 1. The summed E-state index contributed by atoms with van der Waals surface area (Å²) in [5, 5.41) is 0. The second-order valence-corrected chi connectivity index (χ2v) is 6.79. The van der Waals surface area contributed by atoms with Crippen LogP contribution in [0.4, 0.5) is 0 Å². The normalized spacial score (nSPS) is 29.0. The molecule has 0 bridgehead atoms.